The Morgan fingerprint density at radius 3 is 2.73 bits per heavy atom. The first-order valence-electron chi connectivity index (χ1n) is 8.27. The monoisotopic (exact) mass is 320 g/mol. The van der Waals surface area contributed by atoms with Crippen molar-refractivity contribution >= 4 is 17.5 Å². The zero-order valence-corrected chi connectivity index (χ0v) is 14.1. The predicted molar refractivity (Wildman–Crippen MR) is 89.8 cm³/mol. The number of nitrogens with zero attached hydrogens (tertiary/aromatic N) is 1. The van der Waals surface area contributed by atoms with Crippen molar-refractivity contribution in [1.29, 1.82) is 0 Å². The Bertz CT molecular complexity index is 560. The molecule has 1 amide bonds. The molecule has 4 heteroatoms. The summed E-state index contributed by atoms with van der Waals surface area (Å²) in [5.74, 6) is 1.47. The van der Waals surface area contributed by atoms with Gasteiger partial charge in [-0.1, -0.05) is 37.6 Å². The number of halogens is 1. The molecular formula is C18H25ClN2O. The molecule has 4 atom stereocenters. The van der Waals surface area contributed by atoms with E-state index in [0.717, 1.165) is 25.1 Å². The van der Waals surface area contributed by atoms with Crippen LogP contribution in [0.3, 0.4) is 0 Å². The molecule has 2 aliphatic rings. The van der Waals surface area contributed by atoms with Crippen LogP contribution in [0.5, 0.6) is 0 Å². The van der Waals surface area contributed by atoms with Crippen molar-refractivity contribution in [3.05, 3.63) is 34.9 Å². The Morgan fingerprint density at radius 2 is 2.09 bits per heavy atom. The van der Waals surface area contributed by atoms with Gasteiger partial charge in [0.2, 0.25) is 5.91 Å². The Morgan fingerprint density at radius 1 is 1.32 bits per heavy atom. The number of hydrogen-bond donors (Lipinski definition) is 1. The van der Waals surface area contributed by atoms with Gasteiger partial charge in [0.25, 0.3) is 0 Å². The lowest BCUT2D eigenvalue weighted by molar-refractivity contribution is -0.133. The van der Waals surface area contributed by atoms with Crippen LogP contribution in [0.15, 0.2) is 24.3 Å². The SMILES string of the molecule is CC(C)C(C(=O)N1CC2CCC(N)C2C1)c1cccc(Cl)c1. The van der Waals surface area contributed by atoms with E-state index in [0.29, 0.717) is 16.9 Å². The average molecular weight is 321 g/mol. The second-order valence-electron chi connectivity index (χ2n) is 7.19. The standard InChI is InChI=1S/C18H25ClN2O/c1-11(2)17(12-4-3-5-14(19)8-12)18(22)21-9-13-6-7-16(20)15(13)10-21/h3-5,8,11,13,15-17H,6-7,9-10,20H2,1-2H3. The molecule has 2 N–H and O–H groups in total. The Balaban J connectivity index is 1.79. The summed E-state index contributed by atoms with van der Waals surface area (Å²) in [7, 11) is 0. The zero-order valence-electron chi connectivity index (χ0n) is 13.3. The van der Waals surface area contributed by atoms with Crippen molar-refractivity contribution in [2.75, 3.05) is 13.1 Å². The first kappa shape index (κ1) is 15.8. The normalized spacial score (nSPS) is 29.0. The molecule has 1 heterocycles. The van der Waals surface area contributed by atoms with Crippen molar-refractivity contribution in [2.24, 2.45) is 23.5 Å². The van der Waals surface area contributed by atoms with Gasteiger partial charge in [-0.15, -0.1) is 0 Å². The highest BCUT2D eigenvalue weighted by Crippen LogP contribution is 2.39. The number of carbonyl (C=O) groups excluding carboxylic acids is 1. The van der Waals surface area contributed by atoms with Crippen LogP contribution >= 0.6 is 11.6 Å². The van der Waals surface area contributed by atoms with Gasteiger partial charge in [-0.3, -0.25) is 4.79 Å². The zero-order chi connectivity index (χ0) is 15.9. The molecule has 2 fully saturated rings. The lowest BCUT2D eigenvalue weighted by atomic mass is 9.87. The lowest BCUT2D eigenvalue weighted by Crippen LogP contribution is -2.37. The number of fused-ring (bicyclic) bond motifs is 1. The highest BCUT2D eigenvalue weighted by Gasteiger charge is 2.44. The van der Waals surface area contributed by atoms with Crippen molar-refractivity contribution in [1.82, 2.24) is 4.90 Å². The van der Waals surface area contributed by atoms with Gasteiger partial charge < -0.3 is 10.6 Å². The van der Waals surface area contributed by atoms with E-state index < -0.39 is 0 Å². The van der Waals surface area contributed by atoms with Crippen molar-refractivity contribution in [2.45, 2.75) is 38.6 Å². The molecule has 1 saturated carbocycles. The van der Waals surface area contributed by atoms with Gasteiger partial charge in [-0.2, -0.15) is 0 Å². The summed E-state index contributed by atoms with van der Waals surface area (Å²) in [6, 6.07) is 7.98. The number of amides is 1. The van der Waals surface area contributed by atoms with Crippen LogP contribution in [0.1, 0.15) is 38.2 Å². The maximum absolute atomic E-state index is 13.1. The molecule has 1 saturated heterocycles. The van der Waals surface area contributed by atoms with Crippen LogP contribution in [0, 0.1) is 17.8 Å². The fraction of sp³-hybridized carbons (Fsp3) is 0.611. The van der Waals surface area contributed by atoms with Gasteiger partial charge >= 0.3 is 0 Å². The molecule has 0 aromatic heterocycles. The molecule has 1 aliphatic carbocycles. The quantitative estimate of drug-likeness (QED) is 0.929. The molecule has 4 unspecified atom stereocenters. The maximum atomic E-state index is 13.1. The molecule has 0 radical (unpaired) electrons. The average Bonchev–Trinajstić information content (AvgIpc) is 3.01. The largest absolute Gasteiger partial charge is 0.342 e. The molecule has 120 valence electrons. The molecule has 3 nitrogen and oxygen atoms in total. The van der Waals surface area contributed by atoms with Gasteiger partial charge in [0.05, 0.1) is 5.92 Å². The van der Waals surface area contributed by atoms with Crippen LogP contribution in [0.2, 0.25) is 5.02 Å². The minimum atomic E-state index is -0.117. The minimum Gasteiger partial charge on any atom is -0.342 e. The van der Waals surface area contributed by atoms with Gasteiger partial charge in [-0.25, -0.2) is 0 Å². The topological polar surface area (TPSA) is 46.3 Å². The molecule has 1 aliphatic heterocycles. The second kappa shape index (κ2) is 6.21. The van der Waals surface area contributed by atoms with E-state index in [4.69, 9.17) is 17.3 Å². The third-order valence-corrected chi connectivity index (χ3v) is 5.60. The van der Waals surface area contributed by atoms with E-state index in [1.807, 2.05) is 29.2 Å². The molecule has 3 rings (SSSR count). The summed E-state index contributed by atoms with van der Waals surface area (Å²) in [6.07, 6.45) is 2.28. The number of nitrogens with two attached hydrogens (primary N) is 1. The highest BCUT2D eigenvalue weighted by atomic mass is 35.5. The van der Waals surface area contributed by atoms with E-state index >= 15 is 0 Å². The minimum absolute atomic E-state index is 0.117. The number of benzene rings is 1. The maximum Gasteiger partial charge on any atom is 0.230 e. The van der Waals surface area contributed by atoms with Crippen molar-refractivity contribution in [3.8, 4) is 0 Å². The van der Waals surface area contributed by atoms with Gasteiger partial charge in [0, 0.05) is 24.2 Å². The molecular weight excluding hydrogens is 296 g/mol. The predicted octanol–water partition coefficient (Wildman–Crippen LogP) is 3.28. The summed E-state index contributed by atoms with van der Waals surface area (Å²) >= 11 is 6.11. The summed E-state index contributed by atoms with van der Waals surface area (Å²) in [6.45, 7) is 5.91. The first-order chi connectivity index (χ1) is 10.5. The molecule has 22 heavy (non-hydrogen) atoms. The molecule has 0 bridgehead atoms. The van der Waals surface area contributed by atoms with E-state index in [-0.39, 0.29) is 23.8 Å². The summed E-state index contributed by atoms with van der Waals surface area (Å²) < 4.78 is 0. The highest BCUT2D eigenvalue weighted by molar-refractivity contribution is 6.30. The second-order valence-corrected chi connectivity index (χ2v) is 7.62. The van der Waals surface area contributed by atoms with E-state index in [1.54, 1.807) is 0 Å². The molecule has 1 aromatic carbocycles. The van der Waals surface area contributed by atoms with Crippen LogP contribution < -0.4 is 5.73 Å². The fourth-order valence-electron chi connectivity index (χ4n) is 4.20. The third kappa shape index (κ3) is 2.89. The van der Waals surface area contributed by atoms with E-state index in [1.165, 1.54) is 6.42 Å². The number of rotatable bonds is 3. The molecule has 0 spiro atoms. The third-order valence-electron chi connectivity index (χ3n) is 5.36. The van der Waals surface area contributed by atoms with Crippen LogP contribution in [-0.4, -0.2) is 29.9 Å². The van der Waals surface area contributed by atoms with Crippen molar-refractivity contribution in [3.63, 3.8) is 0 Å². The van der Waals surface area contributed by atoms with E-state index in [9.17, 15) is 4.79 Å². The van der Waals surface area contributed by atoms with Crippen molar-refractivity contribution < 1.29 is 4.79 Å². The van der Waals surface area contributed by atoms with E-state index in [2.05, 4.69) is 13.8 Å². The van der Waals surface area contributed by atoms with Gasteiger partial charge in [0.1, 0.15) is 0 Å². The Kier molecular flexibility index (Phi) is 4.47. The fourth-order valence-corrected chi connectivity index (χ4v) is 4.40. The first-order valence-corrected chi connectivity index (χ1v) is 8.65. The van der Waals surface area contributed by atoms with Crippen LogP contribution in [0.25, 0.3) is 0 Å². The number of hydrogen-bond acceptors (Lipinski definition) is 2. The number of carbonyl (C=O) groups is 1. The lowest BCUT2D eigenvalue weighted by Gasteiger charge is -2.27. The molecule has 1 aromatic rings. The van der Waals surface area contributed by atoms with Gasteiger partial charge in [-0.05, 0) is 48.3 Å². The smallest absolute Gasteiger partial charge is 0.230 e. The van der Waals surface area contributed by atoms with Crippen LogP contribution in [-0.2, 0) is 4.79 Å². The summed E-state index contributed by atoms with van der Waals surface area (Å²) in [4.78, 5) is 15.1. The van der Waals surface area contributed by atoms with Gasteiger partial charge in [0.15, 0.2) is 0 Å². The number of likely N-dealkylation sites (tertiary alicyclic amines) is 1. The Hall–Kier alpha value is -1.06. The van der Waals surface area contributed by atoms with Crippen LogP contribution in [0.4, 0.5) is 0 Å². The Labute approximate surface area is 137 Å². The summed E-state index contributed by atoms with van der Waals surface area (Å²) in [5.41, 5.74) is 7.22. The summed E-state index contributed by atoms with van der Waals surface area (Å²) in [5, 5.41) is 0.691.